The van der Waals surface area contributed by atoms with E-state index in [2.05, 4.69) is 0 Å². The number of hydrogen-bond acceptors (Lipinski definition) is 3. The first-order valence-electron chi connectivity index (χ1n) is 4.74. The Labute approximate surface area is 84.3 Å². The number of amides is 1. The van der Waals surface area contributed by atoms with Crippen molar-refractivity contribution in [1.82, 2.24) is 4.31 Å². The molecule has 1 aliphatic rings. The molecular formula is C8H16N2O3S. The molecule has 1 rings (SSSR count). The number of carbonyl (C=O) groups excluding carboxylic acids is 1. The molecule has 1 fully saturated rings. The van der Waals surface area contributed by atoms with Gasteiger partial charge in [0.25, 0.3) is 0 Å². The molecule has 1 atom stereocenters. The van der Waals surface area contributed by atoms with Gasteiger partial charge in [0.15, 0.2) is 0 Å². The quantitative estimate of drug-likeness (QED) is 0.698. The Balaban J connectivity index is 2.70. The van der Waals surface area contributed by atoms with Crippen molar-refractivity contribution < 1.29 is 13.2 Å². The van der Waals surface area contributed by atoms with E-state index in [1.807, 2.05) is 0 Å². The van der Waals surface area contributed by atoms with Gasteiger partial charge in [0.05, 0.1) is 11.7 Å². The van der Waals surface area contributed by atoms with Crippen LogP contribution in [-0.2, 0) is 14.8 Å². The van der Waals surface area contributed by atoms with Crippen molar-refractivity contribution in [3.8, 4) is 0 Å². The molecule has 0 aromatic carbocycles. The second kappa shape index (κ2) is 4.27. The molecular weight excluding hydrogens is 204 g/mol. The molecule has 0 spiro atoms. The maximum absolute atomic E-state index is 11.5. The molecule has 0 aromatic rings. The van der Waals surface area contributed by atoms with Crippen LogP contribution in [0, 0.1) is 5.92 Å². The number of primary amides is 1. The van der Waals surface area contributed by atoms with Gasteiger partial charge in [-0.15, -0.1) is 0 Å². The molecule has 2 N–H and O–H groups in total. The van der Waals surface area contributed by atoms with E-state index in [1.54, 1.807) is 6.92 Å². The summed E-state index contributed by atoms with van der Waals surface area (Å²) in [5.74, 6) is -0.635. The van der Waals surface area contributed by atoms with Gasteiger partial charge in [0.2, 0.25) is 15.9 Å². The van der Waals surface area contributed by atoms with Gasteiger partial charge in [-0.25, -0.2) is 12.7 Å². The van der Waals surface area contributed by atoms with Crippen LogP contribution in [0.4, 0.5) is 0 Å². The minimum absolute atomic E-state index is 0.0818. The standard InChI is InChI=1S/C8H16N2O3S/c1-2-14(12,13)10-5-3-4-7(6-10)8(9)11/h7H,2-6H2,1H3,(H2,9,11)/t7-/m1/s1. The van der Waals surface area contributed by atoms with Gasteiger partial charge in [0, 0.05) is 13.1 Å². The highest BCUT2D eigenvalue weighted by molar-refractivity contribution is 7.89. The summed E-state index contributed by atoms with van der Waals surface area (Å²) in [6.07, 6.45) is 1.41. The Hall–Kier alpha value is -0.620. The van der Waals surface area contributed by atoms with E-state index >= 15 is 0 Å². The summed E-state index contributed by atoms with van der Waals surface area (Å²) in [4.78, 5) is 10.9. The summed E-state index contributed by atoms with van der Waals surface area (Å²) in [6.45, 7) is 2.37. The molecule has 0 bridgehead atoms. The van der Waals surface area contributed by atoms with Gasteiger partial charge in [-0.2, -0.15) is 0 Å². The van der Waals surface area contributed by atoms with Crippen LogP contribution in [0.5, 0.6) is 0 Å². The Morgan fingerprint density at radius 1 is 1.57 bits per heavy atom. The largest absolute Gasteiger partial charge is 0.369 e. The van der Waals surface area contributed by atoms with Crippen molar-refractivity contribution in [2.45, 2.75) is 19.8 Å². The maximum atomic E-state index is 11.5. The molecule has 1 saturated heterocycles. The monoisotopic (exact) mass is 220 g/mol. The first-order valence-corrected chi connectivity index (χ1v) is 6.35. The third-order valence-electron chi connectivity index (χ3n) is 2.54. The molecule has 1 heterocycles. The Kier molecular flexibility index (Phi) is 3.49. The van der Waals surface area contributed by atoms with Crippen molar-refractivity contribution in [3.05, 3.63) is 0 Å². The van der Waals surface area contributed by atoms with Crippen LogP contribution >= 0.6 is 0 Å². The third-order valence-corrected chi connectivity index (χ3v) is 4.39. The van der Waals surface area contributed by atoms with E-state index < -0.39 is 15.9 Å². The summed E-state index contributed by atoms with van der Waals surface area (Å²) in [7, 11) is -3.16. The first-order chi connectivity index (χ1) is 6.47. The fourth-order valence-electron chi connectivity index (χ4n) is 1.61. The van der Waals surface area contributed by atoms with E-state index in [4.69, 9.17) is 5.73 Å². The molecule has 5 nitrogen and oxygen atoms in total. The van der Waals surface area contributed by atoms with Crippen molar-refractivity contribution in [2.75, 3.05) is 18.8 Å². The maximum Gasteiger partial charge on any atom is 0.221 e. The number of nitrogens with zero attached hydrogens (tertiary/aromatic N) is 1. The van der Waals surface area contributed by atoms with Crippen molar-refractivity contribution >= 4 is 15.9 Å². The molecule has 1 aliphatic heterocycles. The van der Waals surface area contributed by atoms with Crippen molar-refractivity contribution in [3.63, 3.8) is 0 Å². The van der Waals surface area contributed by atoms with Crippen LogP contribution in [0.3, 0.4) is 0 Å². The van der Waals surface area contributed by atoms with E-state index in [9.17, 15) is 13.2 Å². The molecule has 82 valence electrons. The molecule has 0 saturated carbocycles. The lowest BCUT2D eigenvalue weighted by atomic mass is 9.99. The van der Waals surface area contributed by atoms with E-state index in [0.717, 1.165) is 0 Å². The van der Waals surface area contributed by atoms with Crippen LogP contribution in [0.15, 0.2) is 0 Å². The van der Waals surface area contributed by atoms with Crippen LogP contribution in [0.25, 0.3) is 0 Å². The van der Waals surface area contributed by atoms with E-state index in [0.29, 0.717) is 19.4 Å². The fraction of sp³-hybridized carbons (Fsp3) is 0.875. The van der Waals surface area contributed by atoms with Gasteiger partial charge in [-0.3, -0.25) is 4.79 Å². The predicted molar refractivity (Wildman–Crippen MR) is 53.0 cm³/mol. The average Bonchev–Trinajstić information content (AvgIpc) is 2.18. The zero-order valence-corrected chi connectivity index (χ0v) is 9.09. The summed E-state index contributed by atoms with van der Waals surface area (Å²) in [5, 5.41) is 0. The van der Waals surface area contributed by atoms with E-state index in [-0.39, 0.29) is 18.2 Å². The van der Waals surface area contributed by atoms with Gasteiger partial charge in [0.1, 0.15) is 0 Å². The van der Waals surface area contributed by atoms with E-state index in [1.165, 1.54) is 4.31 Å². The van der Waals surface area contributed by atoms with Crippen LogP contribution < -0.4 is 5.73 Å². The van der Waals surface area contributed by atoms with Crippen LogP contribution in [0.2, 0.25) is 0 Å². The lowest BCUT2D eigenvalue weighted by Crippen LogP contribution is -2.44. The van der Waals surface area contributed by atoms with Crippen LogP contribution in [0.1, 0.15) is 19.8 Å². The minimum Gasteiger partial charge on any atom is -0.369 e. The number of sulfonamides is 1. The SMILES string of the molecule is CCS(=O)(=O)N1CCC[C@@H](C(N)=O)C1. The second-order valence-electron chi connectivity index (χ2n) is 3.50. The van der Waals surface area contributed by atoms with Gasteiger partial charge >= 0.3 is 0 Å². The Bertz CT molecular complexity index is 313. The molecule has 0 unspecified atom stereocenters. The zero-order chi connectivity index (χ0) is 10.8. The summed E-state index contributed by atoms with van der Waals surface area (Å²) >= 11 is 0. The van der Waals surface area contributed by atoms with Crippen molar-refractivity contribution in [2.24, 2.45) is 11.7 Å². The predicted octanol–water partition coefficient (Wildman–Crippen LogP) is -0.467. The number of carbonyl (C=O) groups is 1. The fourth-order valence-corrected chi connectivity index (χ4v) is 2.79. The average molecular weight is 220 g/mol. The molecule has 14 heavy (non-hydrogen) atoms. The summed E-state index contributed by atoms with van der Waals surface area (Å²) in [5.41, 5.74) is 5.15. The zero-order valence-electron chi connectivity index (χ0n) is 8.27. The van der Waals surface area contributed by atoms with Gasteiger partial charge in [-0.05, 0) is 19.8 Å². The lowest BCUT2D eigenvalue weighted by Gasteiger charge is -2.29. The van der Waals surface area contributed by atoms with Crippen molar-refractivity contribution in [1.29, 1.82) is 0 Å². The topological polar surface area (TPSA) is 80.5 Å². The Morgan fingerprint density at radius 3 is 2.71 bits per heavy atom. The number of hydrogen-bond donors (Lipinski definition) is 1. The van der Waals surface area contributed by atoms with Crippen LogP contribution in [-0.4, -0.2) is 37.5 Å². The Morgan fingerprint density at radius 2 is 2.21 bits per heavy atom. The number of piperidine rings is 1. The lowest BCUT2D eigenvalue weighted by molar-refractivity contribution is -0.122. The highest BCUT2D eigenvalue weighted by Crippen LogP contribution is 2.18. The first kappa shape index (κ1) is 11.5. The summed E-state index contributed by atoms with van der Waals surface area (Å²) < 4.78 is 24.4. The van der Waals surface area contributed by atoms with Gasteiger partial charge in [-0.1, -0.05) is 0 Å². The molecule has 0 aliphatic carbocycles. The smallest absolute Gasteiger partial charge is 0.221 e. The molecule has 1 amide bonds. The van der Waals surface area contributed by atoms with Gasteiger partial charge < -0.3 is 5.73 Å². The molecule has 0 radical (unpaired) electrons. The number of rotatable bonds is 3. The second-order valence-corrected chi connectivity index (χ2v) is 5.76. The normalized spacial score (nSPS) is 24.8. The number of nitrogens with two attached hydrogens (primary N) is 1. The highest BCUT2D eigenvalue weighted by Gasteiger charge is 2.29. The minimum atomic E-state index is -3.16. The molecule has 0 aromatic heterocycles. The highest BCUT2D eigenvalue weighted by atomic mass is 32.2. The summed E-state index contributed by atoms with van der Waals surface area (Å²) in [6, 6.07) is 0. The molecule has 6 heteroatoms. The third kappa shape index (κ3) is 2.45.